The molecule has 3 N–H and O–H groups in total. The van der Waals surface area contributed by atoms with E-state index in [-0.39, 0.29) is 11.9 Å². The summed E-state index contributed by atoms with van der Waals surface area (Å²) in [6.07, 6.45) is 2.70. The number of furan rings is 2. The largest absolute Gasteiger partial charge is 0.466 e. The Bertz CT molecular complexity index is 819. The summed E-state index contributed by atoms with van der Waals surface area (Å²) in [5.41, 5.74) is 5.06. The second kappa shape index (κ2) is 7.98. The predicted molar refractivity (Wildman–Crippen MR) is 94.9 cm³/mol. The van der Waals surface area contributed by atoms with Crippen molar-refractivity contribution < 1.29 is 23.2 Å². The molecule has 1 fully saturated rings. The van der Waals surface area contributed by atoms with Crippen LogP contribution < -0.4 is 16.2 Å². The molecule has 4 amide bonds. The van der Waals surface area contributed by atoms with Crippen molar-refractivity contribution in [3.63, 3.8) is 0 Å². The van der Waals surface area contributed by atoms with Gasteiger partial charge in [-0.1, -0.05) is 0 Å². The number of hydrogen-bond donors (Lipinski definition) is 3. The van der Waals surface area contributed by atoms with Crippen molar-refractivity contribution in [2.45, 2.75) is 32.7 Å². The van der Waals surface area contributed by atoms with Crippen LogP contribution in [0.25, 0.3) is 0 Å². The van der Waals surface area contributed by atoms with Crippen molar-refractivity contribution in [1.29, 1.82) is 0 Å². The normalized spacial score (nSPS) is 14.7. The zero-order chi connectivity index (χ0) is 19.4. The molecular weight excluding hydrogens is 352 g/mol. The molecule has 0 bridgehead atoms. The Morgan fingerprint density at radius 2 is 1.89 bits per heavy atom. The van der Waals surface area contributed by atoms with Crippen LogP contribution in [0.2, 0.25) is 0 Å². The molecule has 2 aromatic heterocycles. The summed E-state index contributed by atoms with van der Waals surface area (Å²) in [6.45, 7) is 4.46. The minimum absolute atomic E-state index is 0.0829. The van der Waals surface area contributed by atoms with Crippen LogP contribution in [0.3, 0.4) is 0 Å². The molecule has 144 valence electrons. The summed E-state index contributed by atoms with van der Waals surface area (Å²) in [5.74, 6) is 0.824. The van der Waals surface area contributed by atoms with Gasteiger partial charge in [0.2, 0.25) is 0 Å². The number of rotatable bonds is 3. The first-order chi connectivity index (χ1) is 12.9. The Labute approximate surface area is 156 Å². The number of hydrogen-bond acceptors (Lipinski definition) is 5. The summed E-state index contributed by atoms with van der Waals surface area (Å²) in [7, 11) is 0. The van der Waals surface area contributed by atoms with Gasteiger partial charge < -0.3 is 19.1 Å². The first-order valence-electron chi connectivity index (χ1n) is 8.70. The third-order valence-corrected chi connectivity index (χ3v) is 4.42. The maximum absolute atomic E-state index is 12.2. The van der Waals surface area contributed by atoms with E-state index in [1.165, 1.54) is 6.26 Å². The highest BCUT2D eigenvalue weighted by Gasteiger charge is 2.26. The van der Waals surface area contributed by atoms with Crippen molar-refractivity contribution in [3.8, 4) is 0 Å². The number of aryl methyl sites for hydroxylation is 2. The average molecular weight is 374 g/mol. The Balaban J connectivity index is 1.41. The lowest BCUT2D eigenvalue weighted by molar-refractivity contribution is 0.0675. The highest BCUT2D eigenvalue weighted by molar-refractivity contribution is 5.96. The summed E-state index contributed by atoms with van der Waals surface area (Å²) in [6, 6.07) is 4.33. The number of nitrogens with zero attached hydrogens (tertiary/aromatic N) is 1. The van der Waals surface area contributed by atoms with Crippen molar-refractivity contribution in [1.82, 2.24) is 21.1 Å². The molecule has 1 saturated heterocycles. The number of carbonyl (C=O) groups excluding carboxylic acids is 3. The maximum atomic E-state index is 12.2. The van der Waals surface area contributed by atoms with E-state index < -0.39 is 11.9 Å². The molecule has 3 heterocycles. The zero-order valence-corrected chi connectivity index (χ0v) is 15.2. The third-order valence-electron chi connectivity index (χ3n) is 4.42. The number of piperidine rings is 1. The van der Waals surface area contributed by atoms with Crippen LogP contribution in [0, 0.1) is 13.8 Å². The summed E-state index contributed by atoms with van der Waals surface area (Å²) < 4.78 is 10.4. The Morgan fingerprint density at radius 3 is 2.48 bits per heavy atom. The van der Waals surface area contributed by atoms with Crippen LogP contribution in [0.15, 0.2) is 33.3 Å². The minimum Gasteiger partial charge on any atom is -0.466 e. The first-order valence-corrected chi connectivity index (χ1v) is 8.70. The highest BCUT2D eigenvalue weighted by atomic mass is 16.3. The van der Waals surface area contributed by atoms with Gasteiger partial charge in [0.25, 0.3) is 11.8 Å². The smallest absolute Gasteiger partial charge is 0.333 e. The van der Waals surface area contributed by atoms with E-state index in [4.69, 9.17) is 8.83 Å². The van der Waals surface area contributed by atoms with E-state index in [0.717, 1.165) is 0 Å². The summed E-state index contributed by atoms with van der Waals surface area (Å²) in [4.78, 5) is 37.9. The van der Waals surface area contributed by atoms with Gasteiger partial charge in [-0.15, -0.1) is 0 Å². The lowest BCUT2D eigenvalue weighted by Crippen LogP contribution is -2.52. The molecule has 1 aliphatic heterocycles. The van der Waals surface area contributed by atoms with E-state index in [1.807, 2.05) is 0 Å². The molecule has 0 aromatic carbocycles. The summed E-state index contributed by atoms with van der Waals surface area (Å²) in [5, 5.41) is 2.79. The molecule has 3 rings (SSSR count). The predicted octanol–water partition coefficient (Wildman–Crippen LogP) is 1.74. The molecule has 27 heavy (non-hydrogen) atoms. The fourth-order valence-corrected chi connectivity index (χ4v) is 3.04. The molecule has 9 heteroatoms. The van der Waals surface area contributed by atoms with Crippen LogP contribution in [-0.2, 0) is 0 Å². The summed E-state index contributed by atoms with van der Waals surface area (Å²) >= 11 is 0. The van der Waals surface area contributed by atoms with Gasteiger partial charge in [0.15, 0.2) is 5.76 Å². The SMILES string of the molecule is Cc1cc(C(=O)NNC(=O)NC2CCN(C(=O)c3ccco3)CC2)c(C)o1. The maximum Gasteiger partial charge on any atom is 0.333 e. The van der Waals surface area contributed by atoms with Crippen molar-refractivity contribution in [2.24, 2.45) is 0 Å². The quantitative estimate of drug-likeness (QED) is 0.708. The monoisotopic (exact) mass is 374 g/mol. The second-order valence-corrected chi connectivity index (χ2v) is 6.42. The van der Waals surface area contributed by atoms with Crippen molar-refractivity contribution in [3.05, 3.63) is 47.3 Å². The lowest BCUT2D eigenvalue weighted by Gasteiger charge is -2.31. The second-order valence-electron chi connectivity index (χ2n) is 6.42. The van der Waals surface area contributed by atoms with E-state index >= 15 is 0 Å². The van der Waals surface area contributed by atoms with Gasteiger partial charge in [-0.05, 0) is 44.9 Å². The van der Waals surface area contributed by atoms with Gasteiger partial charge in [0, 0.05) is 19.1 Å². The molecule has 9 nitrogen and oxygen atoms in total. The van der Waals surface area contributed by atoms with Gasteiger partial charge in [-0.2, -0.15) is 0 Å². The number of amides is 4. The average Bonchev–Trinajstić information content (AvgIpc) is 3.29. The topological polar surface area (TPSA) is 117 Å². The molecule has 0 radical (unpaired) electrons. The van der Waals surface area contributed by atoms with Crippen LogP contribution in [0.4, 0.5) is 4.79 Å². The highest BCUT2D eigenvalue weighted by Crippen LogP contribution is 2.15. The van der Waals surface area contributed by atoms with Crippen molar-refractivity contribution in [2.75, 3.05) is 13.1 Å². The Kier molecular flexibility index (Phi) is 5.49. The molecule has 0 saturated carbocycles. The minimum atomic E-state index is -0.503. The van der Waals surface area contributed by atoms with E-state index in [2.05, 4.69) is 16.2 Å². The van der Waals surface area contributed by atoms with E-state index in [9.17, 15) is 14.4 Å². The molecule has 0 unspecified atom stereocenters. The molecule has 0 atom stereocenters. The number of urea groups is 1. The number of carbonyl (C=O) groups is 3. The third kappa shape index (κ3) is 4.49. The van der Waals surface area contributed by atoms with Gasteiger partial charge in [0.05, 0.1) is 11.8 Å². The molecule has 2 aromatic rings. The van der Waals surface area contributed by atoms with Crippen LogP contribution in [0.1, 0.15) is 45.3 Å². The lowest BCUT2D eigenvalue weighted by atomic mass is 10.1. The fraction of sp³-hybridized carbons (Fsp3) is 0.389. The standard InChI is InChI=1S/C18H22N4O5/c1-11-10-14(12(2)27-11)16(23)20-21-18(25)19-13-5-7-22(8-6-13)17(24)15-4-3-9-26-15/h3-4,9-10,13H,5-8H2,1-2H3,(H,20,23)(H2,19,21,25). The zero-order valence-electron chi connectivity index (χ0n) is 15.2. The van der Waals surface area contributed by atoms with Gasteiger partial charge in [-0.3, -0.25) is 15.0 Å². The molecule has 1 aliphatic rings. The molecular formula is C18H22N4O5. The number of nitrogens with one attached hydrogen (secondary N) is 3. The fourth-order valence-electron chi connectivity index (χ4n) is 3.04. The molecule has 0 aliphatic carbocycles. The van der Waals surface area contributed by atoms with Crippen LogP contribution in [0.5, 0.6) is 0 Å². The number of hydrazine groups is 1. The van der Waals surface area contributed by atoms with Crippen LogP contribution >= 0.6 is 0 Å². The van der Waals surface area contributed by atoms with Gasteiger partial charge in [0.1, 0.15) is 11.5 Å². The molecule has 0 spiro atoms. The van der Waals surface area contributed by atoms with Gasteiger partial charge in [-0.25, -0.2) is 10.2 Å². The van der Waals surface area contributed by atoms with Crippen molar-refractivity contribution >= 4 is 17.8 Å². The Hall–Kier alpha value is -3.23. The number of likely N-dealkylation sites (tertiary alicyclic amines) is 1. The van der Waals surface area contributed by atoms with E-state index in [1.54, 1.807) is 36.9 Å². The Morgan fingerprint density at radius 1 is 1.15 bits per heavy atom. The van der Waals surface area contributed by atoms with Crippen LogP contribution in [-0.4, -0.2) is 41.9 Å². The van der Waals surface area contributed by atoms with Gasteiger partial charge >= 0.3 is 6.03 Å². The van der Waals surface area contributed by atoms with E-state index in [0.29, 0.717) is 48.8 Å². The first kappa shape index (κ1) is 18.6.